The molecule has 2 unspecified atom stereocenters. The summed E-state index contributed by atoms with van der Waals surface area (Å²) in [5.74, 6) is 0.0270. The summed E-state index contributed by atoms with van der Waals surface area (Å²) in [5, 5.41) is 3.76. The van der Waals surface area contributed by atoms with Gasteiger partial charge in [0.25, 0.3) is 0 Å². The number of benzene rings is 3. The Kier molecular flexibility index (Phi) is 10.0. The highest BCUT2D eigenvalue weighted by atomic mass is 35.5. The van der Waals surface area contributed by atoms with E-state index < -0.39 is 6.04 Å². The second kappa shape index (κ2) is 13.2. The minimum atomic E-state index is -0.616. The van der Waals surface area contributed by atoms with Crippen molar-refractivity contribution >= 4 is 35.2 Å². The second-order valence-corrected chi connectivity index (χ2v) is 9.76. The SMILES string of the molecule is CCC(C)NC(=O)C(Cc1ccccc1)N(Cc1ccccc1)C(=O)CSc1ccc(Cl)cc1. The molecule has 0 aliphatic rings. The van der Waals surface area contributed by atoms with Crippen molar-refractivity contribution in [2.24, 2.45) is 0 Å². The monoisotopic (exact) mass is 494 g/mol. The molecule has 6 heteroatoms. The van der Waals surface area contributed by atoms with Gasteiger partial charge in [-0.2, -0.15) is 0 Å². The van der Waals surface area contributed by atoms with Crippen LogP contribution in [0.2, 0.25) is 5.02 Å². The molecule has 0 bridgehead atoms. The fourth-order valence-electron chi connectivity index (χ4n) is 3.53. The first-order valence-corrected chi connectivity index (χ1v) is 12.9. The summed E-state index contributed by atoms with van der Waals surface area (Å²) < 4.78 is 0. The van der Waals surface area contributed by atoms with E-state index in [1.807, 2.05) is 98.8 Å². The van der Waals surface area contributed by atoms with Crippen LogP contribution in [0.3, 0.4) is 0 Å². The van der Waals surface area contributed by atoms with Crippen LogP contribution in [0.25, 0.3) is 0 Å². The smallest absolute Gasteiger partial charge is 0.243 e. The zero-order valence-electron chi connectivity index (χ0n) is 19.6. The third-order valence-electron chi connectivity index (χ3n) is 5.64. The van der Waals surface area contributed by atoms with Gasteiger partial charge in [-0.15, -0.1) is 11.8 Å². The molecule has 0 radical (unpaired) electrons. The van der Waals surface area contributed by atoms with E-state index in [1.54, 1.807) is 4.90 Å². The van der Waals surface area contributed by atoms with Gasteiger partial charge in [0.2, 0.25) is 11.8 Å². The summed E-state index contributed by atoms with van der Waals surface area (Å²) in [5.41, 5.74) is 2.00. The minimum Gasteiger partial charge on any atom is -0.352 e. The Balaban J connectivity index is 1.88. The summed E-state index contributed by atoms with van der Waals surface area (Å²) in [6.45, 7) is 4.39. The van der Waals surface area contributed by atoms with E-state index in [4.69, 9.17) is 11.6 Å². The molecule has 0 aromatic heterocycles. The zero-order chi connectivity index (χ0) is 24.3. The molecular weight excluding hydrogens is 464 g/mol. The lowest BCUT2D eigenvalue weighted by Crippen LogP contribution is -2.52. The number of carbonyl (C=O) groups excluding carboxylic acids is 2. The molecule has 4 nitrogen and oxygen atoms in total. The first-order chi connectivity index (χ1) is 16.5. The Morgan fingerprint density at radius 1 is 0.912 bits per heavy atom. The van der Waals surface area contributed by atoms with Gasteiger partial charge in [-0.25, -0.2) is 0 Å². The lowest BCUT2D eigenvalue weighted by molar-refractivity contribution is -0.139. The zero-order valence-corrected chi connectivity index (χ0v) is 21.2. The van der Waals surface area contributed by atoms with Crippen LogP contribution in [0, 0.1) is 0 Å². The Morgan fingerprint density at radius 2 is 1.50 bits per heavy atom. The predicted octanol–water partition coefficient (Wildman–Crippen LogP) is 5.99. The molecule has 34 heavy (non-hydrogen) atoms. The Bertz CT molecular complexity index is 1050. The van der Waals surface area contributed by atoms with E-state index in [-0.39, 0.29) is 23.6 Å². The molecule has 1 N–H and O–H groups in total. The van der Waals surface area contributed by atoms with Crippen LogP contribution in [0.5, 0.6) is 0 Å². The highest BCUT2D eigenvalue weighted by Gasteiger charge is 2.30. The van der Waals surface area contributed by atoms with Crippen molar-refractivity contribution in [3.8, 4) is 0 Å². The fourth-order valence-corrected chi connectivity index (χ4v) is 4.44. The molecule has 3 aromatic rings. The Labute approximate surface area is 211 Å². The highest BCUT2D eigenvalue weighted by Crippen LogP contribution is 2.23. The lowest BCUT2D eigenvalue weighted by Gasteiger charge is -2.32. The van der Waals surface area contributed by atoms with Crippen LogP contribution in [-0.2, 0) is 22.6 Å². The van der Waals surface area contributed by atoms with Crippen molar-refractivity contribution in [1.82, 2.24) is 10.2 Å². The maximum Gasteiger partial charge on any atom is 0.243 e. The van der Waals surface area contributed by atoms with E-state index in [0.29, 0.717) is 18.0 Å². The van der Waals surface area contributed by atoms with Crippen molar-refractivity contribution in [3.63, 3.8) is 0 Å². The number of hydrogen-bond donors (Lipinski definition) is 1. The third kappa shape index (κ3) is 7.93. The molecule has 0 aliphatic carbocycles. The van der Waals surface area contributed by atoms with Crippen molar-refractivity contribution in [2.45, 2.75) is 50.2 Å². The van der Waals surface area contributed by atoms with E-state index in [2.05, 4.69) is 5.32 Å². The number of nitrogens with one attached hydrogen (secondary N) is 1. The Morgan fingerprint density at radius 3 is 2.09 bits per heavy atom. The summed E-state index contributed by atoms with van der Waals surface area (Å²) in [7, 11) is 0. The van der Waals surface area contributed by atoms with Gasteiger partial charge < -0.3 is 10.2 Å². The van der Waals surface area contributed by atoms with Gasteiger partial charge in [-0.1, -0.05) is 79.2 Å². The molecule has 0 fully saturated rings. The second-order valence-electron chi connectivity index (χ2n) is 8.27. The maximum absolute atomic E-state index is 13.6. The van der Waals surface area contributed by atoms with E-state index in [9.17, 15) is 9.59 Å². The van der Waals surface area contributed by atoms with E-state index in [0.717, 1.165) is 22.4 Å². The molecule has 3 rings (SSSR count). The van der Waals surface area contributed by atoms with Crippen LogP contribution in [0.4, 0.5) is 0 Å². The van der Waals surface area contributed by atoms with Crippen molar-refractivity contribution in [1.29, 1.82) is 0 Å². The molecule has 0 aliphatic heterocycles. The summed E-state index contributed by atoms with van der Waals surface area (Å²) in [4.78, 5) is 29.7. The van der Waals surface area contributed by atoms with Crippen LogP contribution in [0.1, 0.15) is 31.4 Å². The average Bonchev–Trinajstić information content (AvgIpc) is 2.86. The van der Waals surface area contributed by atoms with Gasteiger partial charge >= 0.3 is 0 Å². The molecule has 3 aromatic carbocycles. The van der Waals surface area contributed by atoms with Gasteiger partial charge in [-0.3, -0.25) is 9.59 Å². The Hall–Kier alpha value is -2.76. The molecule has 0 saturated heterocycles. The first-order valence-electron chi connectivity index (χ1n) is 11.5. The number of nitrogens with zero attached hydrogens (tertiary/aromatic N) is 1. The lowest BCUT2D eigenvalue weighted by atomic mass is 10.0. The third-order valence-corrected chi connectivity index (χ3v) is 6.89. The summed E-state index contributed by atoms with van der Waals surface area (Å²) in [6, 6.07) is 26.5. The first kappa shape index (κ1) is 25.9. The van der Waals surface area contributed by atoms with Crippen molar-refractivity contribution in [2.75, 3.05) is 5.75 Å². The average molecular weight is 495 g/mol. The number of carbonyl (C=O) groups is 2. The number of halogens is 1. The maximum atomic E-state index is 13.6. The van der Waals surface area contributed by atoms with Gasteiger partial charge in [-0.05, 0) is 48.7 Å². The normalized spacial score (nSPS) is 12.6. The summed E-state index contributed by atoms with van der Waals surface area (Å²) in [6.07, 6.45) is 1.27. The molecule has 2 atom stereocenters. The van der Waals surface area contributed by atoms with Crippen molar-refractivity contribution < 1.29 is 9.59 Å². The number of rotatable bonds is 11. The van der Waals surface area contributed by atoms with Crippen LogP contribution < -0.4 is 5.32 Å². The molecule has 0 saturated carbocycles. The number of thioether (sulfide) groups is 1. The van der Waals surface area contributed by atoms with Crippen LogP contribution >= 0.6 is 23.4 Å². The molecule has 178 valence electrons. The van der Waals surface area contributed by atoms with E-state index in [1.165, 1.54) is 11.8 Å². The predicted molar refractivity (Wildman–Crippen MR) is 141 cm³/mol. The molecule has 2 amide bonds. The quantitative estimate of drug-likeness (QED) is 0.333. The van der Waals surface area contributed by atoms with Gasteiger partial charge in [0.1, 0.15) is 6.04 Å². The number of hydrogen-bond acceptors (Lipinski definition) is 3. The fraction of sp³-hybridized carbons (Fsp3) is 0.286. The summed E-state index contributed by atoms with van der Waals surface area (Å²) >= 11 is 7.44. The molecule has 0 spiro atoms. The topological polar surface area (TPSA) is 49.4 Å². The van der Waals surface area contributed by atoms with Crippen molar-refractivity contribution in [3.05, 3.63) is 101 Å². The highest BCUT2D eigenvalue weighted by molar-refractivity contribution is 8.00. The van der Waals surface area contributed by atoms with Crippen LogP contribution in [-0.4, -0.2) is 34.6 Å². The standard InChI is InChI=1S/C28H31ClN2O2S/c1-3-21(2)30-28(33)26(18-22-10-6-4-7-11-22)31(19-23-12-8-5-9-13-23)27(32)20-34-25-16-14-24(29)15-17-25/h4-17,21,26H,3,18-20H2,1-2H3,(H,30,33). The van der Waals surface area contributed by atoms with Gasteiger partial charge in [0.15, 0.2) is 0 Å². The van der Waals surface area contributed by atoms with Gasteiger partial charge in [0.05, 0.1) is 5.75 Å². The number of amides is 2. The molecule has 0 heterocycles. The minimum absolute atomic E-state index is 0.0305. The molecular formula is C28H31ClN2O2S. The van der Waals surface area contributed by atoms with Crippen LogP contribution in [0.15, 0.2) is 89.8 Å². The largest absolute Gasteiger partial charge is 0.352 e. The van der Waals surface area contributed by atoms with E-state index >= 15 is 0 Å². The van der Waals surface area contributed by atoms with Gasteiger partial charge in [0, 0.05) is 28.9 Å².